The molecule has 0 fully saturated rings. The number of hydrogen-bond donors (Lipinski definition) is 1. The van der Waals surface area contributed by atoms with Gasteiger partial charge in [0.1, 0.15) is 11.4 Å². The number of fused-ring (bicyclic) bond motifs is 1. The second-order valence-corrected chi connectivity index (χ2v) is 5.10. The number of aromatic nitrogens is 1. The molecule has 3 aromatic rings. The van der Waals surface area contributed by atoms with Gasteiger partial charge in [0.25, 0.3) is 5.91 Å². The maximum absolute atomic E-state index is 12.2. The Balaban J connectivity index is 1.97. The summed E-state index contributed by atoms with van der Waals surface area (Å²) in [5.41, 5.74) is 1.92. The van der Waals surface area contributed by atoms with E-state index in [-0.39, 0.29) is 11.2 Å². The number of nitrogens with zero attached hydrogens (tertiary/aromatic N) is 1. The molecule has 3 rings (SSSR count). The largest absolute Gasteiger partial charge is 0.451 e. The number of carbonyl (C=O) groups excluding carboxylic acids is 1. The third-order valence-electron chi connectivity index (χ3n) is 3.20. The molecule has 1 N–H and O–H groups in total. The summed E-state index contributed by atoms with van der Waals surface area (Å²) >= 11 is 0. The van der Waals surface area contributed by atoms with Crippen molar-refractivity contribution in [1.82, 2.24) is 4.98 Å². The van der Waals surface area contributed by atoms with Crippen LogP contribution >= 0.6 is 0 Å². The van der Waals surface area contributed by atoms with Gasteiger partial charge in [0.2, 0.25) is 0 Å². The van der Waals surface area contributed by atoms with Crippen LogP contribution in [0.5, 0.6) is 0 Å². The summed E-state index contributed by atoms with van der Waals surface area (Å²) in [6.45, 7) is 3.76. The van der Waals surface area contributed by atoms with Crippen LogP contribution in [0.3, 0.4) is 0 Å². The Morgan fingerprint density at radius 3 is 2.68 bits per heavy atom. The zero-order valence-electron chi connectivity index (χ0n) is 12.2. The van der Waals surface area contributed by atoms with Crippen molar-refractivity contribution >= 4 is 22.7 Å². The van der Waals surface area contributed by atoms with Crippen LogP contribution in [0.4, 0.5) is 5.82 Å². The Labute approximate surface area is 126 Å². The molecule has 0 aliphatic heterocycles. The number of benzene rings is 1. The zero-order valence-corrected chi connectivity index (χ0v) is 12.2. The van der Waals surface area contributed by atoms with Crippen LogP contribution in [-0.4, -0.2) is 10.9 Å². The lowest BCUT2D eigenvalue weighted by Crippen LogP contribution is -2.16. The molecule has 0 aliphatic carbocycles. The number of pyridine rings is 1. The van der Waals surface area contributed by atoms with Crippen molar-refractivity contribution in [1.29, 1.82) is 0 Å². The first-order valence-electron chi connectivity index (χ1n) is 6.82. The highest BCUT2D eigenvalue weighted by atomic mass is 16.3. The third kappa shape index (κ3) is 2.74. The average molecular weight is 294 g/mol. The second kappa shape index (κ2) is 5.44. The molecular weight excluding hydrogens is 280 g/mol. The Morgan fingerprint density at radius 2 is 1.91 bits per heavy atom. The fourth-order valence-corrected chi connectivity index (χ4v) is 2.30. The van der Waals surface area contributed by atoms with E-state index >= 15 is 0 Å². The molecule has 2 aromatic heterocycles. The van der Waals surface area contributed by atoms with Crippen LogP contribution in [0.25, 0.3) is 11.0 Å². The lowest BCUT2D eigenvalue weighted by atomic mass is 10.2. The first kappa shape index (κ1) is 14.0. The first-order chi connectivity index (χ1) is 10.5. The van der Waals surface area contributed by atoms with Gasteiger partial charge in [0, 0.05) is 11.8 Å². The number of rotatable bonds is 2. The van der Waals surface area contributed by atoms with E-state index in [1.807, 2.05) is 19.9 Å². The second-order valence-electron chi connectivity index (χ2n) is 5.10. The van der Waals surface area contributed by atoms with E-state index < -0.39 is 5.91 Å². The normalized spacial score (nSPS) is 10.6. The summed E-state index contributed by atoms with van der Waals surface area (Å²) in [7, 11) is 0. The molecule has 0 aliphatic rings. The van der Waals surface area contributed by atoms with Crippen LogP contribution in [0.15, 0.2) is 51.7 Å². The van der Waals surface area contributed by atoms with Crippen molar-refractivity contribution in [3.8, 4) is 0 Å². The minimum atomic E-state index is -0.500. The SMILES string of the molecule is Cc1cc(C)nc(NC(=O)c2cc(=O)c3ccccc3o2)c1. The van der Waals surface area contributed by atoms with E-state index in [1.165, 1.54) is 6.07 Å². The highest BCUT2D eigenvalue weighted by Gasteiger charge is 2.13. The summed E-state index contributed by atoms with van der Waals surface area (Å²) in [6, 6.07) is 11.7. The molecule has 0 atom stereocenters. The molecule has 0 saturated heterocycles. The summed E-state index contributed by atoms with van der Waals surface area (Å²) in [5.74, 6) is -0.108. The highest BCUT2D eigenvalue weighted by Crippen LogP contribution is 2.14. The Bertz CT molecular complexity index is 908. The number of nitrogens with one attached hydrogen (secondary N) is 1. The van der Waals surface area contributed by atoms with Crippen LogP contribution in [0.1, 0.15) is 21.8 Å². The van der Waals surface area contributed by atoms with Crippen molar-refractivity contribution in [2.75, 3.05) is 5.32 Å². The van der Waals surface area contributed by atoms with E-state index in [0.29, 0.717) is 16.8 Å². The zero-order chi connectivity index (χ0) is 15.7. The fourth-order valence-electron chi connectivity index (χ4n) is 2.30. The van der Waals surface area contributed by atoms with Crippen LogP contribution < -0.4 is 10.7 Å². The highest BCUT2D eigenvalue weighted by molar-refractivity contribution is 6.02. The van der Waals surface area contributed by atoms with Gasteiger partial charge in [-0.05, 0) is 43.7 Å². The summed E-state index contributed by atoms with van der Waals surface area (Å²) in [5, 5.41) is 3.10. The van der Waals surface area contributed by atoms with Gasteiger partial charge in [0.15, 0.2) is 11.2 Å². The van der Waals surface area contributed by atoms with E-state index in [0.717, 1.165) is 11.3 Å². The summed E-state index contributed by atoms with van der Waals surface area (Å²) in [6.07, 6.45) is 0. The van der Waals surface area contributed by atoms with E-state index in [9.17, 15) is 9.59 Å². The van der Waals surface area contributed by atoms with Crippen LogP contribution in [0.2, 0.25) is 0 Å². The van der Waals surface area contributed by atoms with Crippen molar-refractivity contribution in [3.05, 3.63) is 69.7 Å². The monoisotopic (exact) mass is 294 g/mol. The molecule has 0 radical (unpaired) electrons. The maximum Gasteiger partial charge on any atom is 0.292 e. The third-order valence-corrected chi connectivity index (χ3v) is 3.20. The molecule has 5 heteroatoms. The van der Waals surface area contributed by atoms with Crippen molar-refractivity contribution in [2.45, 2.75) is 13.8 Å². The minimum absolute atomic E-state index is 0.0374. The van der Waals surface area contributed by atoms with Gasteiger partial charge in [-0.15, -0.1) is 0 Å². The van der Waals surface area contributed by atoms with Gasteiger partial charge >= 0.3 is 0 Å². The molecule has 0 unspecified atom stereocenters. The molecule has 1 aromatic carbocycles. The molecular formula is C17H14N2O3. The van der Waals surface area contributed by atoms with Gasteiger partial charge in [-0.2, -0.15) is 0 Å². The van der Waals surface area contributed by atoms with Gasteiger partial charge in [-0.1, -0.05) is 12.1 Å². The Hall–Kier alpha value is -2.95. The first-order valence-corrected chi connectivity index (χ1v) is 6.82. The summed E-state index contributed by atoms with van der Waals surface area (Å²) < 4.78 is 5.50. The molecule has 22 heavy (non-hydrogen) atoms. The smallest absolute Gasteiger partial charge is 0.292 e. The molecule has 5 nitrogen and oxygen atoms in total. The lowest BCUT2D eigenvalue weighted by Gasteiger charge is -2.06. The number of aryl methyl sites for hydroxylation is 2. The van der Waals surface area contributed by atoms with E-state index in [4.69, 9.17) is 4.42 Å². The average Bonchev–Trinajstić information content (AvgIpc) is 2.46. The number of anilines is 1. The van der Waals surface area contributed by atoms with Crippen LogP contribution in [-0.2, 0) is 0 Å². The van der Waals surface area contributed by atoms with Crippen molar-refractivity contribution in [3.63, 3.8) is 0 Å². The topological polar surface area (TPSA) is 72.2 Å². The molecule has 1 amide bonds. The predicted octanol–water partition coefficient (Wildman–Crippen LogP) is 3.06. The Kier molecular flexibility index (Phi) is 3.47. The minimum Gasteiger partial charge on any atom is -0.451 e. The van der Waals surface area contributed by atoms with E-state index in [2.05, 4.69) is 10.3 Å². The number of para-hydroxylation sites is 1. The number of hydrogen-bond acceptors (Lipinski definition) is 4. The molecule has 0 spiro atoms. The quantitative estimate of drug-likeness (QED) is 0.788. The maximum atomic E-state index is 12.2. The number of amides is 1. The van der Waals surface area contributed by atoms with Crippen LogP contribution in [0, 0.1) is 13.8 Å². The lowest BCUT2D eigenvalue weighted by molar-refractivity contribution is 0.0997. The van der Waals surface area contributed by atoms with Gasteiger partial charge in [-0.3, -0.25) is 9.59 Å². The number of carbonyl (C=O) groups is 1. The molecule has 0 saturated carbocycles. The van der Waals surface area contributed by atoms with Gasteiger partial charge in [0.05, 0.1) is 5.39 Å². The Morgan fingerprint density at radius 1 is 1.14 bits per heavy atom. The van der Waals surface area contributed by atoms with Gasteiger partial charge in [-0.25, -0.2) is 4.98 Å². The molecule has 2 heterocycles. The molecule has 0 bridgehead atoms. The standard InChI is InChI=1S/C17H14N2O3/c1-10-7-11(2)18-16(8-10)19-17(21)15-9-13(20)12-5-3-4-6-14(12)22-15/h3-9H,1-2H3,(H,18,19,21). The summed E-state index contributed by atoms with van der Waals surface area (Å²) in [4.78, 5) is 28.5. The van der Waals surface area contributed by atoms with Crippen molar-refractivity contribution in [2.24, 2.45) is 0 Å². The van der Waals surface area contributed by atoms with Crippen molar-refractivity contribution < 1.29 is 9.21 Å². The van der Waals surface area contributed by atoms with E-state index in [1.54, 1.807) is 30.3 Å². The fraction of sp³-hybridized carbons (Fsp3) is 0.118. The van der Waals surface area contributed by atoms with Gasteiger partial charge < -0.3 is 9.73 Å². The predicted molar refractivity (Wildman–Crippen MR) is 84.1 cm³/mol. The molecule has 110 valence electrons.